The van der Waals surface area contributed by atoms with Crippen molar-refractivity contribution in [3.05, 3.63) is 0 Å². The summed E-state index contributed by atoms with van der Waals surface area (Å²) in [6.07, 6.45) is 0.433. The van der Waals surface area contributed by atoms with Crippen LogP contribution < -0.4 is 0 Å². The largest absolute Gasteiger partial charge is 0.463 e. The lowest BCUT2D eigenvalue weighted by Gasteiger charge is -2.18. The Morgan fingerprint density at radius 2 is 1.93 bits per heavy atom. The van der Waals surface area contributed by atoms with Crippen molar-refractivity contribution >= 4 is 52.4 Å². The van der Waals surface area contributed by atoms with Crippen molar-refractivity contribution in [3.8, 4) is 0 Å². The molecule has 0 spiro atoms. The number of esters is 1. The van der Waals surface area contributed by atoms with Crippen molar-refractivity contribution in [1.29, 1.82) is 0 Å². The van der Waals surface area contributed by atoms with Crippen LogP contribution in [0.4, 0.5) is 0 Å². The van der Waals surface area contributed by atoms with Crippen LogP contribution in [0.25, 0.3) is 0 Å². The molecule has 0 bridgehead atoms. The Hall–Kier alpha value is 0.630. The third-order valence-electron chi connectivity index (χ3n) is 1.41. The number of carbonyl (C=O) groups is 1. The van der Waals surface area contributed by atoms with Crippen molar-refractivity contribution in [2.24, 2.45) is 0 Å². The second kappa shape index (κ2) is 6.26. The Morgan fingerprint density at radius 3 is 2.29 bits per heavy atom. The average Bonchev–Trinajstić information content (AvgIpc) is 1.77. The first kappa shape index (κ1) is 14.6. The van der Waals surface area contributed by atoms with Crippen molar-refractivity contribution in [2.45, 2.75) is 42.0 Å². The molecule has 0 aromatic rings. The lowest BCUT2D eigenvalue weighted by molar-refractivity contribution is -0.145. The van der Waals surface area contributed by atoms with E-state index < -0.39 is 3.79 Å². The van der Waals surface area contributed by atoms with E-state index in [0.717, 1.165) is 0 Å². The van der Waals surface area contributed by atoms with Gasteiger partial charge in [-0.05, 0) is 6.92 Å². The summed E-state index contributed by atoms with van der Waals surface area (Å²) in [7, 11) is 0. The van der Waals surface area contributed by atoms with E-state index in [1.165, 1.54) is 6.92 Å². The fourth-order valence-electron chi connectivity index (χ4n) is 1.03. The second-order valence-electron chi connectivity index (χ2n) is 3.07. The molecule has 0 aromatic carbocycles. The molecule has 2 nitrogen and oxygen atoms in total. The fourth-order valence-corrected chi connectivity index (χ4v) is 2.30. The van der Waals surface area contributed by atoms with Gasteiger partial charge in [-0.1, -0.05) is 34.8 Å². The predicted octanol–water partition coefficient (Wildman–Crippen LogP) is 3.70. The molecule has 0 aliphatic heterocycles. The van der Waals surface area contributed by atoms with Gasteiger partial charge >= 0.3 is 5.97 Å². The maximum absolute atomic E-state index is 10.6. The topological polar surface area (TPSA) is 26.3 Å². The molecule has 0 fully saturated rings. The van der Waals surface area contributed by atoms with E-state index in [1.54, 1.807) is 6.92 Å². The van der Waals surface area contributed by atoms with Crippen LogP contribution in [-0.2, 0) is 9.53 Å². The molecule has 0 heterocycles. The van der Waals surface area contributed by atoms with Crippen LogP contribution in [-0.4, -0.2) is 21.2 Å². The Morgan fingerprint density at radius 1 is 1.43 bits per heavy atom. The van der Waals surface area contributed by atoms with E-state index in [0.29, 0.717) is 6.42 Å². The highest BCUT2D eigenvalue weighted by Crippen LogP contribution is 2.34. The van der Waals surface area contributed by atoms with E-state index in [9.17, 15) is 4.79 Å². The molecule has 0 aliphatic carbocycles. The number of ether oxygens (including phenoxy) is 1. The Bertz CT molecular complexity index is 190. The van der Waals surface area contributed by atoms with E-state index in [2.05, 4.69) is 0 Å². The average molecular weight is 282 g/mol. The molecule has 84 valence electrons. The van der Waals surface area contributed by atoms with Gasteiger partial charge in [-0.15, -0.1) is 11.6 Å². The summed E-state index contributed by atoms with van der Waals surface area (Å²) >= 11 is 22.6. The molecule has 0 radical (unpaired) electrons. The minimum Gasteiger partial charge on any atom is -0.463 e. The molecule has 0 aromatic heterocycles. The summed E-state index contributed by atoms with van der Waals surface area (Å²) in [5.74, 6) is -0.338. The second-order valence-corrected chi connectivity index (χ2v) is 6.21. The van der Waals surface area contributed by atoms with Gasteiger partial charge in [0.15, 0.2) is 3.79 Å². The first-order valence-electron chi connectivity index (χ1n) is 4.08. The summed E-state index contributed by atoms with van der Waals surface area (Å²) in [5, 5.41) is -0.322. The fraction of sp³-hybridized carbons (Fsp3) is 0.875. The Kier molecular flexibility index (Phi) is 6.55. The maximum atomic E-state index is 10.6. The molecular formula is C8H12Cl4O2. The van der Waals surface area contributed by atoms with Gasteiger partial charge in [-0.2, -0.15) is 0 Å². The van der Waals surface area contributed by atoms with Crippen LogP contribution in [0.1, 0.15) is 26.7 Å². The highest BCUT2D eigenvalue weighted by Gasteiger charge is 2.25. The highest BCUT2D eigenvalue weighted by molar-refractivity contribution is 6.67. The lowest BCUT2D eigenvalue weighted by Crippen LogP contribution is -2.20. The maximum Gasteiger partial charge on any atom is 0.302 e. The quantitative estimate of drug-likeness (QED) is 0.580. The van der Waals surface area contributed by atoms with Crippen LogP contribution in [0.2, 0.25) is 0 Å². The Labute approximate surface area is 104 Å². The zero-order valence-electron chi connectivity index (χ0n) is 7.90. The number of rotatable bonds is 4. The normalized spacial score (nSPS) is 16.1. The summed E-state index contributed by atoms with van der Waals surface area (Å²) in [6, 6.07) is 0. The first-order valence-corrected chi connectivity index (χ1v) is 5.66. The number of hydrogen-bond donors (Lipinski definition) is 0. The minimum absolute atomic E-state index is 0.227. The van der Waals surface area contributed by atoms with Crippen LogP contribution >= 0.6 is 46.4 Å². The zero-order chi connectivity index (χ0) is 11.4. The molecule has 14 heavy (non-hydrogen) atoms. The van der Waals surface area contributed by atoms with Gasteiger partial charge in [0.05, 0.1) is 0 Å². The molecule has 0 saturated carbocycles. The molecule has 6 heteroatoms. The van der Waals surface area contributed by atoms with Crippen molar-refractivity contribution in [3.63, 3.8) is 0 Å². The third kappa shape index (κ3) is 9.20. The number of hydrogen-bond acceptors (Lipinski definition) is 2. The summed E-state index contributed by atoms with van der Waals surface area (Å²) in [6.45, 7) is 3.09. The van der Waals surface area contributed by atoms with Crippen LogP contribution in [0.15, 0.2) is 0 Å². The molecule has 2 atom stereocenters. The number of carbonyl (C=O) groups excluding carboxylic acids is 1. The molecule has 0 aliphatic rings. The van der Waals surface area contributed by atoms with Crippen LogP contribution in [0.3, 0.4) is 0 Å². The van der Waals surface area contributed by atoms with Crippen molar-refractivity contribution in [1.82, 2.24) is 0 Å². The van der Waals surface area contributed by atoms with Gasteiger partial charge < -0.3 is 4.74 Å². The van der Waals surface area contributed by atoms with Crippen molar-refractivity contribution < 1.29 is 9.53 Å². The molecular weight excluding hydrogens is 270 g/mol. The Balaban J connectivity index is 3.82. The summed E-state index contributed by atoms with van der Waals surface area (Å²) in [4.78, 5) is 10.6. The van der Waals surface area contributed by atoms with E-state index in [1.807, 2.05) is 0 Å². The van der Waals surface area contributed by atoms with Gasteiger partial charge in [-0.25, -0.2) is 0 Å². The summed E-state index contributed by atoms with van der Waals surface area (Å²) in [5.41, 5.74) is 0. The SMILES string of the molecule is CC(=O)OC(C)CC(Cl)CC(Cl)(Cl)Cl. The molecule has 0 saturated heterocycles. The van der Waals surface area contributed by atoms with Gasteiger partial charge in [-0.3, -0.25) is 4.79 Å². The van der Waals surface area contributed by atoms with Crippen LogP contribution in [0, 0.1) is 0 Å². The number of alkyl halides is 4. The van der Waals surface area contributed by atoms with E-state index in [4.69, 9.17) is 51.1 Å². The standard InChI is InChI=1S/C8H12Cl4O2/c1-5(14-6(2)13)3-7(9)4-8(10,11)12/h5,7H,3-4H2,1-2H3. The van der Waals surface area contributed by atoms with Crippen molar-refractivity contribution in [2.75, 3.05) is 0 Å². The predicted molar refractivity (Wildman–Crippen MR) is 60.4 cm³/mol. The zero-order valence-corrected chi connectivity index (χ0v) is 10.9. The van der Waals surface area contributed by atoms with Gasteiger partial charge in [0.2, 0.25) is 0 Å². The smallest absolute Gasteiger partial charge is 0.302 e. The molecule has 0 N–H and O–H groups in total. The molecule has 0 amide bonds. The summed E-state index contributed by atoms with van der Waals surface area (Å²) < 4.78 is 3.52. The van der Waals surface area contributed by atoms with Crippen LogP contribution in [0.5, 0.6) is 0 Å². The van der Waals surface area contributed by atoms with Gasteiger partial charge in [0.25, 0.3) is 0 Å². The number of halogens is 4. The third-order valence-corrected chi connectivity index (χ3v) is 2.20. The molecule has 0 rings (SSSR count). The first-order chi connectivity index (χ1) is 6.20. The van der Waals surface area contributed by atoms with Gasteiger partial charge in [0.1, 0.15) is 6.10 Å². The van der Waals surface area contributed by atoms with E-state index >= 15 is 0 Å². The minimum atomic E-state index is -1.36. The van der Waals surface area contributed by atoms with E-state index in [-0.39, 0.29) is 23.9 Å². The van der Waals surface area contributed by atoms with Gasteiger partial charge in [0, 0.05) is 25.1 Å². The highest BCUT2D eigenvalue weighted by atomic mass is 35.6. The molecule has 2 unspecified atom stereocenters. The monoisotopic (exact) mass is 280 g/mol. The lowest BCUT2D eigenvalue weighted by atomic mass is 10.2.